The van der Waals surface area contributed by atoms with E-state index >= 15 is 0 Å². The number of nitrogens with zero attached hydrogens (tertiary/aromatic N) is 1. The topological polar surface area (TPSA) is 3.24 Å². The normalized spacial score (nSPS) is 12.2. The molecule has 1 nitrogen and oxygen atoms in total. The summed E-state index contributed by atoms with van der Waals surface area (Å²) in [6.45, 7) is 6.95. The van der Waals surface area contributed by atoms with Gasteiger partial charge in [-0.3, -0.25) is 0 Å². The van der Waals surface area contributed by atoms with Crippen LogP contribution in [0.3, 0.4) is 0 Å². The number of hydrogen-bond acceptors (Lipinski definition) is 1. The van der Waals surface area contributed by atoms with Gasteiger partial charge in [0.15, 0.2) is 0 Å². The molecule has 0 saturated heterocycles. The first-order valence-electron chi connectivity index (χ1n) is 4.10. The second kappa shape index (κ2) is 6.17. The van der Waals surface area contributed by atoms with Gasteiger partial charge in [0, 0.05) is 0 Å². The molecule has 64 valence electrons. The molecule has 11 heavy (non-hydrogen) atoms. The predicted molar refractivity (Wildman–Crippen MR) is 51.7 cm³/mol. The SMILES string of the molecule is C=C/C(C)=C\CCCN(C)C. The van der Waals surface area contributed by atoms with E-state index in [-0.39, 0.29) is 0 Å². The molecule has 0 fully saturated rings. The van der Waals surface area contributed by atoms with Crippen molar-refractivity contribution >= 4 is 0 Å². The molecule has 0 aromatic rings. The molecule has 0 bridgehead atoms. The van der Waals surface area contributed by atoms with E-state index in [1.165, 1.54) is 18.5 Å². The molecule has 0 heterocycles. The first kappa shape index (κ1) is 10.4. The fourth-order valence-electron chi connectivity index (χ4n) is 0.821. The van der Waals surface area contributed by atoms with Crippen LogP contribution in [0.5, 0.6) is 0 Å². The Morgan fingerprint density at radius 2 is 2.09 bits per heavy atom. The van der Waals surface area contributed by atoms with Gasteiger partial charge in [-0.15, -0.1) is 0 Å². The van der Waals surface area contributed by atoms with Crippen LogP contribution in [0.15, 0.2) is 24.3 Å². The van der Waals surface area contributed by atoms with Crippen molar-refractivity contribution in [1.82, 2.24) is 4.90 Å². The Hall–Kier alpha value is -0.560. The molecule has 0 amide bonds. The number of unbranched alkanes of at least 4 members (excludes halogenated alkanes) is 1. The van der Waals surface area contributed by atoms with Crippen molar-refractivity contribution in [3.63, 3.8) is 0 Å². The average Bonchev–Trinajstić information content (AvgIpc) is 1.97. The summed E-state index contributed by atoms with van der Waals surface area (Å²) < 4.78 is 0. The Kier molecular flexibility index (Phi) is 5.86. The van der Waals surface area contributed by atoms with Gasteiger partial charge in [-0.2, -0.15) is 0 Å². The predicted octanol–water partition coefficient (Wildman–Crippen LogP) is 2.46. The second-order valence-corrected chi connectivity index (χ2v) is 3.10. The minimum absolute atomic E-state index is 1.16. The van der Waals surface area contributed by atoms with E-state index < -0.39 is 0 Å². The van der Waals surface area contributed by atoms with Crippen molar-refractivity contribution in [2.45, 2.75) is 19.8 Å². The third-order valence-corrected chi connectivity index (χ3v) is 1.60. The second-order valence-electron chi connectivity index (χ2n) is 3.10. The van der Waals surface area contributed by atoms with E-state index in [0.717, 1.165) is 6.42 Å². The highest BCUT2D eigenvalue weighted by atomic mass is 15.0. The first-order valence-corrected chi connectivity index (χ1v) is 4.10. The van der Waals surface area contributed by atoms with Crippen LogP contribution in [0.25, 0.3) is 0 Å². The van der Waals surface area contributed by atoms with Crippen molar-refractivity contribution in [2.24, 2.45) is 0 Å². The van der Waals surface area contributed by atoms with Gasteiger partial charge in [0.2, 0.25) is 0 Å². The molecule has 1 heteroatoms. The third kappa shape index (κ3) is 7.34. The van der Waals surface area contributed by atoms with Crippen LogP contribution in [0.4, 0.5) is 0 Å². The molecular weight excluding hydrogens is 134 g/mol. The zero-order valence-corrected chi connectivity index (χ0v) is 7.93. The maximum atomic E-state index is 3.70. The van der Waals surface area contributed by atoms with Crippen LogP contribution >= 0.6 is 0 Å². The third-order valence-electron chi connectivity index (χ3n) is 1.60. The maximum absolute atomic E-state index is 3.70. The maximum Gasteiger partial charge on any atom is -0.00219 e. The minimum atomic E-state index is 1.16. The lowest BCUT2D eigenvalue weighted by Gasteiger charge is -2.06. The smallest absolute Gasteiger partial charge is 0.00219 e. The lowest BCUT2D eigenvalue weighted by Crippen LogP contribution is -2.12. The van der Waals surface area contributed by atoms with Gasteiger partial charge in [0.05, 0.1) is 0 Å². The summed E-state index contributed by atoms with van der Waals surface area (Å²) in [6.07, 6.45) is 6.53. The zero-order valence-electron chi connectivity index (χ0n) is 7.93. The Labute approximate surface area is 70.4 Å². The van der Waals surface area contributed by atoms with Gasteiger partial charge >= 0.3 is 0 Å². The standard InChI is InChI=1S/C10H19N/c1-5-10(2)8-6-7-9-11(3)4/h5,8H,1,6-7,9H2,2-4H3/b10-8-. The molecule has 0 rings (SSSR count). The van der Waals surface area contributed by atoms with Gasteiger partial charge in [0.1, 0.15) is 0 Å². The lowest BCUT2D eigenvalue weighted by atomic mass is 10.2. The van der Waals surface area contributed by atoms with Gasteiger partial charge in [0.25, 0.3) is 0 Å². The molecule has 0 aromatic heterocycles. The van der Waals surface area contributed by atoms with Crippen molar-refractivity contribution in [2.75, 3.05) is 20.6 Å². The van der Waals surface area contributed by atoms with Gasteiger partial charge in [-0.1, -0.05) is 24.3 Å². The fraction of sp³-hybridized carbons (Fsp3) is 0.600. The molecule has 0 aliphatic heterocycles. The molecule has 0 aliphatic rings. The summed E-state index contributed by atoms with van der Waals surface area (Å²) in [5.74, 6) is 0. The largest absolute Gasteiger partial charge is 0.309 e. The summed E-state index contributed by atoms with van der Waals surface area (Å²) in [6, 6.07) is 0. The summed E-state index contributed by atoms with van der Waals surface area (Å²) in [5.41, 5.74) is 1.28. The summed E-state index contributed by atoms with van der Waals surface area (Å²) in [7, 11) is 4.20. The van der Waals surface area contributed by atoms with Crippen molar-refractivity contribution in [1.29, 1.82) is 0 Å². The van der Waals surface area contributed by atoms with E-state index in [1.807, 2.05) is 6.08 Å². The van der Waals surface area contributed by atoms with Crippen LogP contribution in [-0.2, 0) is 0 Å². The summed E-state index contributed by atoms with van der Waals surface area (Å²) in [4.78, 5) is 2.21. The number of rotatable bonds is 5. The Morgan fingerprint density at radius 1 is 1.45 bits per heavy atom. The van der Waals surface area contributed by atoms with E-state index in [0.29, 0.717) is 0 Å². The van der Waals surface area contributed by atoms with E-state index in [9.17, 15) is 0 Å². The van der Waals surface area contributed by atoms with Crippen LogP contribution in [0.2, 0.25) is 0 Å². The van der Waals surface area contributed by atoms with Crippen molar-refractivity contribution in [3.05, 3.63) is 24.3 Å². The molecule has 0 radical (unpaired) electrons. The first-order chi connectivity index (χ1) is 5.16. The zero-order chi connectivity index (χ0) is 8.69. The number of allylic oxidation sites excluding steroid dienone is 3. The van der Waals surface area contributed by atoms with Crippen LogP contribution in [0, 0.1) is 0 Å². The molecule has 0 N–H and O–H groups in total. The molecule has 0 atom stereocenters. The highest BCUT2D eigenvalue weighted by molar-refractivity contribution is 5.12. The molecular formula is C10H19N. The van der Waals surface area contributed by atoms with Crippen LogP contribution in [-0.4, -0.2) is 25.5 Å². The monoisotopic (exact) mass is 153 g/mol. The minimum Gasteiger partial charge on any atom is -0.309 e. The highest BCUT2D eigenvalue weighted by Crippen LogP contribution is 1.99. The summed E-state index contributed by atoms with van der Waals surface area (Å²) >= 11 is 0. The van der Waals surface area contributed by atoms with E-state index in [1.54, 1.807) is 0 Å². The van der Waals surface area contributed by atoms with Crippen molar-refractivity contribution < 1.29 is 0 Å². The Morgan fingerprint density at radius 3 is 2.55 bits per heavy atom. The van der Waals surface area contributed by atoms with Gasteiger partial charge in [-0.25, -0.2) is 0 Å². The highest BCUT2D eigenvalue weighted by Gasteiger charge is 1.87. The van der Waals surface area contributed by atoms with Gasteiger partial charge in [-0.05, 0) is 40.4 Å². The van der Waals surface area contributed by atoms with Crippen LogP contribution in [0.1, 0.15) is 19.8 Å². The summed E-state index contributed by atoms with van der Waals surface area (Å²) in [5, 5.41) is 0. The Balaban J connectivity index is 3.33. The molecule has 0 spiro atoms. The van der Waals surface area contributed by atoms with E-state index in [4.69, 9.17) is 0 Å². The molecule has 0 aliphatic carbocycles. The Bertz CT molecular complexity index is 134. The fourth-order valence-corrected chi connectivity index (χ4v) is 0.821. The molecule has 0 unspecified atom stereocenters. The molecule has 0 saturated carbocycles. The van der Waals surface area contributed by atoms with Crippen molar-refractivity contribution in [3.8, 4) is 0 Å². The number of hydrogen-bond donors (Lipinski definition) is 0. The van der Waals surface area contributed by atoms with E-state index in [2.05, 4.69) is 38.6 Å². The van der Waals surface area contributed by atoms with Gasteiger partial charge < -0.3 is 4.90 Å². The molecule has 0 aromatic carbocycles. The quantitative estimate of drug-likeness (QED) is 0.433. The lowest BCUT2D eigenvalue weighted by molar-refractivity contribution is 0.401. The average molecular weight is 153 g/mol. The van der Waals surface area contributed by atoms with Crippen LogP contribution < -0.4 is 0 Å².